The van der Waals surface area contributed by atoms with Gasteiger partial charge in [-0.05, 0) is 60.5 Å². The molecule has 2 aromatic carbocycles. The van der Waals surface area contributed by atoms with Crippen molar-refractivity contribution in [3.05, 3.63) is 64.8 Å². The molecule has 0 aliphatic heterocycles. The van der Waals surface area contributed by atoms with Gasteiger partial charge in [0.05, 0.1) is 17.0 Å². The maximum absolute atomic E-state index is 12.6. The van der Waals surface area contributed by atoms with Gasteiger partial charge in [-0.15, -0.1) is 0 Å². The van der Waals surface area contributed by atoms with Gasteiger partial charge in [0.25, 0.3) is 0 Å². The van der Waals surface area contributed by atoms with Gasteiger partial charge in [-0.2, -0.15) is 0 Å². The molecule has 0 bridgehead atoms. The Kier molecular flexibility index (Phi) is 5.76. The first-order chi connectivity index (χ1) is 12.7. The number of nitrogens with one attached hydrogen (secondary N) is 1. The van der Waals surface area contributed by atoms with E-state index < -0.39 is 15.6 Å². The van der Waals surface area contributed by atoms with Crippen LogP contribution in [0.4, 0.5) is 0 Å². The monoisotopic (exact) mass is 450 g/mol. The van der Waals surface area contributed by atoms with E-state index in [0.29, 0.717) is 17.8 Å². The van der Waals surface area contributed by atoms with Crippen molar-refractivity contribution < 1.29 is 13.2 Å². The van der Waals surface area contributed by atoms with Gasteiger partial charge in [-0.3, -0.25) is 0 Å². The van der Waals surface area contributed by atoms with Gasteiger partial charge in [0, 0.05) is 21.6 Å². The molecule has 1 heterocycles. The molecule has 27 heavy (non-hydrogen) atoms. The summed E-state index contributed by atoms with van der Waals surface area (Å²) in [6.45, 7) is 6.35. The van der Waals surface area contributed by atoms with E-state index in [1.54, 1.807) is 12.1 Å². The number of rotatable bonds is 6. The summed E-state index contributed by atoms with van der Waals surface area (Å²) in [7, 11) is -3.60. The van der Waals surface area contributed by atoms with Gasteiger partial charge in [0.15, 0.2) is 0 Å². The van der Waals surface area contributed by atoms with E-state index in [1.807, 2.05) is 67.9 Å². The van der Waals surface area contributed by atoms with E-state index in [4.69, 9.17) is 4.74 Å². The highest BCUT2D eigenvalue weighted by atomic mass is 79.9. The average Bonchev–Trinajstić information content (AvgIpc) is 2.97. The third kappa shape index (κ3) is 4.99. The average molecular weight is 451 g/mol. The second-order valence-corrected chi connectivity index (χ2v) is 9.98. The number of ether oxygens (including phenoxy) is 1. The Bertz CT molecular complexity index is 1040. The number of fused-ring (bicyclic) bond motifs is 1. The molecule has 5 nitrogen and oxygen atoms in total. The van der Waals surface area contributed by atoms with Gasteiger partial charge in [0.1, 0.15) is 6.73 Å². The molecular formula is C20H23BrN2O3S. The summed E-state index contributed by atoms with van der Waals surface area (Å²) < 4.78 is 36.4. The van der Waals surface area contributed by atoms with Crippen LogP contribution in [0.2, 0.25) is 0 Å². The lowest BCUT2D eigenvalue weighted by molar-refractivity contribution is 0.0667. The second kappa shape index (κ2) is 7.75. The van der Waals surface area contributed by atoms with Gasteiger partial charge < -0.3 is 9.30 Å². The normalized spacial score (nSPS) is 12.6. The first kappa shape index (κ1) is 20.1. The first-order valence-electron chi connectivity index (χ1n) is 8.60. The van der Waals surface area contributed by atoms with Crippen LogP contribution in [0.3, 0.4) is 0 Å². The molecular weight excluding hydrogens is 428 g/mol. The molecule has 0 fully saturated rings. The van der Waals surface area contributed by atoms with E-state index in [0.717, 1.165) is 16.5 Å². The van der Waals surface area contributed by atoms with Crippen molar-refractivity contribution in [2.45, 2.75) is 44.5 Å². The molecule has 0 radical (unpaired) electrons. The lowest BCUT2D eigenvalue weighted by Crippen LogP contribution is -2.40. The fraction of sp³-hybridized carbons (Fsp3) is 0.300. The van der Waals surface area contributed by atoms with E-state index in [-0.39, 0.29) is 4.90 Å². The third-order valence-electron chi connectivity index (χ3n) is 3.88. The molecule has 1 aromatic heterocycles. The molecule has 0 aliphatic rings. The molecule has 0 unspecified atom stereocenters. The molecule has 0 spiro atoms. The number of nitrogens with zero attached hydrogens (tertiary/aromatic N) is 1. The summed E-state index contributed by atoms with van der Waals surface area (Å²) >= 11 is 3.52. The van der Waals surface area contributed by atoms with E-state index in [2.05, 4.69) is 20.7 Å². The predicted molar refractivity (Wildman–Crippen MR) is 111 cm³/mol. The largest absolute Gasteiger partial charge is 0.356 e. The number of hydrogen-bond acceptors (Lipinski definition) is 3. The molecule has 0 aliphatic carbocycles. The van der Waals surface area contributed by atoms with Crippen LogP contribution in [-0.2, 0) is 28.1 Å². The van der Waals surface area contributed by atoms with Crippen LogP contribution in [0, 0.1) is 0 Å². The van der Waals surface area contributed by atoms with Gasteiger partial charge in [-0.25, -0.2) is 13.1 Å². The molecule has 0 saturated carbocycles. The van der Waals surface area contributed by atoms with Crippen molar-refractivity contribution in [1.29, 1.82) is 0 Å². The van der Waals surface area contributed by atoms with Gasteiger partial charge in [0.2, 0.25) is 10.0 Å². The molecule has 1 N–H and O–H groups in total. The highest BCUT2D eigenvalue weighted by molar-refractivity contribution is 9.10. The Labute approximate surface area is 168 Å². The van der Waals surface area contributed by atoms with Gasteiger partial charge in [-0.1, -0.05) is 30.3 Å². The fourth-order valence-corrected chi connectivity index (χ4v) is 5.16. The Morgan fingerprint density at radius 3 is 2.48 bits per heavy atom. The SMILES string of the molecule is CC(C)(C)NS(=O)(=O)c1cc(Br)c2c(ccn2COCc2ccccc2)c1. The summed E-state index contributed by atoms with van der Waals surface area (Å²) in [5.41, 5.74) is 1.46. The van der Waals surface area contributed by atoms with Gasteiger partial charge >= 0.3 is 0 Å². The Morgan fingerprint density at radius 1 is 1.11 bits per heavy atom. The summed E-state index contributed by atoms with van der Waals surface area (Å²) in [5.74, 6) is 0. The minimum atomic E-state index is -3.60. The summed E-state index contributed by atoms with van der Waals surface area (Å²) in [4.78, 5) is 0.236. The topological polar surface area (TPSA) is 60.3 Å². The van der Waals surface area contributed by atoms with Crippen LogP contribution < -0.4 is 4.72 Å². The first-order valence-corrected chi connectivity index (χ1v) is 10.9. The van der Waals surface area contributed by atoms with Crippen LogP contribution in [-0.4, -0.2) is 18.5 Å². The van der Waals surface area contributed by atoms with Crippen molar-refractivity contribution in [1.82, 2.24) is 9.29 Å². The highest BCUT2D eigenvalue weighted by Crippen LogP contribution is 2.29. The van der Waals surface area contributed by atoms with Crippen LogP contribution in [0.1, 0.15) is 26.3 Å². The fourth-order valence-electron chi connectivity index (χ4n) is 2.83. The lowest BCUT2D eigenvalue weighted by Gasteiger charge is -2.20. The molecule has 7 heteroatoms. The van der Waals surface area contributed by atoms with Crippen molar-refractivity contribution in [3.8, 4) is 0 Å². The summed E-state index contributed by atoms with van der Waals surface area (Å²) in [6.07, 6.45) is 1.90. The summed E-state index contributed by atoms with van der Waals surface area (Å²) in [6, 6.07) is 15.2. The number of hydrogen-bond donors (Lipinski definition) is 1. The standard InChI is InChI=1S/C20H23BrN2O3S/c1-20(2,3)22-27(24,25)17-11-16-9-10-23(19(16)18(21)12-17)14-26-13-15-7-5-4-6-8-15/h4-12,22H,13-14H2,1-3H3. The quantitative estimate of drug-likeness (QED) is 0.593. The lowest BCUT2D eigenvalue weighted by atomic mass is 10.1. The molecule has 0 saturated heterocycles. The van der Waals surface area contributed by atoms with Crippen LogP contribution in [0.15, 0.2) is 64.1 Å². The highest BCUT2D eigenvalue weighted by Gasteiger charge is 2.23. The number of aromatic nitrogens is 1. The van der Waals surface area contributed by atoms with E-state index >= 15 is 0 Å². The zero-order valence-electron chi connectivity index (χ0n) is 15.6. The minimum Gasteiger partial charge on any atom is -0.356 e. The summed E-state index contributed by atoms with van der Waals surface area (Å²) in [5, 5.41) is 0.835. The number of benzene rings is 2. The minimum absolute atomic E-state index is 0.236. The van der Waals surface area contributed by atoms with Crippen LogP contribution >= 0.6 is 15.9 Å². The molecule has 0 amide bonds. The van der Waals surface area contributed by atoms with Crippen molar-refractivity contribution >= 4 is 36.9 Å². The number of sulfonamides is 1. The maximum Gasteiger partial charge on any atom is 0.241 e. The molecule has 3 aromatic rings. The predicted octanol–water partition coefficient (Wildman–Crippen LogP) is 4.65. The Balaban J connectivity index is 1.82. The smallest absolute Gasteiger partial charge is 0.241 e. The molecule has 3 rings (SSSR count). The van der Waals surface area contributed by atoms with E-state index in [1.165, 1.54) is 0 Å². The Morgan fingerprint density at radius 2 is 1.81 bits per heavy atom. The van der Waals surface area contributed by atoms with Crippen molar-refractivity contribution in [2.75, 3.05) is 0 Å². The molecule has 0 atom stereocenters. The maximum atomic E-state index is 12.6. The Hall–Kier alpha value is -1.67. The van der Waals surface area contributed by atoms with Crippen LogP contribution in [0.5, 0.6) is 0 Å². The third-order valence-corrected chi connectivity index (χ3v) is 6.22. The second-order valence-electron chi connectivity index (χ2n) is 7.45. The van der Waals surface area contributed by atoms with Crippen molar-refractivity contribution in [2.24, 2.45) is 0 Å². The van der Waals surface area contributed by atoms with Crippen LogP contribution in [0.25, 0.3) is 10.9 Å². The number of halogens is 1. The molecule has 144 valence electrons. The zero-order valence-corrected chi connectivity index (χ0v) is 18.0. The van der Waals surface area contributed by atoms with Crippen molar-refractivity contribution in [3.63, 3.8) is 0 Å². The zero-order chi connectivity index (χ0) is 19.7. The van der Waals surface area contributed by atoms with E-state index in [9.17, 15) is 8.42 Å².